The van der Waals surface area contributed by atoms with Crippen LogP contribution < -0.4 is 5.32 Å². The molecule has 1 aliphatic heterocycles. The summed E-state index contributed by atoms with van der Waals surface area (Å²) in [7, 11) is 1.58. The van der Waals surface area contributed by atoms with Crippen molar-refractivity contribution in [1.29, 1.82) is 0 Å². The molecular weight excluding hydrogens is 584 g/mol. The van der Waals surface area contributed by atoms with Gasteiger partial charge in [0.1, 0.15) is 22.3 Å². The van der Waals surface area contributed by atoms with Crippen molar-refractivity contribution < 1.29 is 33.4 Å². The maximum Gasteiger partial charge on any atom is 0.409 e. The van der Waals surface area contributed by atoms with Gasteiger partial charge in [-0.2, -0.15) is 0 Å². The van der Waals surface area contributed by atoms with Gasteiger partial charge in [0.15, 0.2) is 0 Å². The Morgan fingerprint density at radius 2 is 1.75 bits per heavy atom. The summed E-state index contributed by atoms with van der Waals surface area (Å²) in [5.41, 5.74) is 0.359. The molecule has 2 heterocycles. The van der Waals surface area contributed by atoms with Crippen LogP contribution in [0.4, 0.5) is 4.79 Å². The fourth-order valence-electron chi connectivity index (χ4n) is 4.43. The zero-order valence-electron chi connectivity index (χ0n) is 26.3. The average molecular weight is 629 g/mol. The molecule has 0 unspecified atom stereocenters. The quantitative estimate of drug-likeness (QED) is 0.248. The van der Waals surface area contributed by atoms with E-state index in [2.05, 4.69) is 10.3 Å². The Morgan fingerprint density at radius 1 is 1.07 bits per heavy atom. The first-order chi connectivity index (χ1) is 21.0. The highest BCUT2D eigenvalue weighted by Gasteiger charge is 2.32. The Labute approximate surface area is 263 Å². The molecule has 3 rings (SSSR count). The minimum absolute atomic E-state index is 0.0449. The lowest BCUT2D eigenvalue weighted by atomic mass is 10.1. The van der Waals surface area contributed by atoms with Crippen molar-refractivity contribution in [1.82, 2.24) is 20.1 Å². The molecule has 1 N–H and O–H groups in total. The maximum absolute atomic E-state index is 13.7. The SMILES string of the molecule is CCCCOC(=O)N1CCN(C(=O)[C@H](CCC(=O)OC(C)(C)C)NC(=O)c2nc(-c3ccccc3)sc2C=CCOC)CC1. The number of rotatable bonds is 13. The number of aromatic nitrogens is 1. The highest BCUT2D eigenvalue weighted by Crippen LogP contribution is 2.29. The molecule has 12 heteroatoms. The Hall–Kier alpha value is -3.77. The summed E-state index contributed by atoms with van der Waals surface area (Å²) < 4.78 is 15.9. The summed E-state index contributed by atoms with van der Waals surface area (Å²) in [6.07, 6.45) is 4.86. The number of nitrogens with zero attached hydrogens (tertiary/aromatic N) is 3. The van der Waals surface area contributed by atoms with E-state index in [1.165, 1.54) is 11.3 Å². The van der Waals surface area contributed by atoms with E-state index < -0.39 is 29.6 Å². The van der Waals surface area contributed by atoms with Gasteiger partial charge in [0.2, 0.25) is 5.91 Å². The number of carbonyl (C=O) groups excluding carboxylic acids is 4. The first kappa shape index (κ1) is 34.7. The van der Waals surface area contributed by atoms with E-state index >= 15 is 0 Å². The van der Waals surface area contributed by atoms with Crippen LogP contribution in [0.3, 0.4) is 0 Å². The molecule has 1 saturated heterocycles. The molecule has 0 bridgehead atoms. The van der Waals surface area contributed by atoms with Gasteiger partial charge in [0.25, 0.3) is 5.91 Å². The number of nitrogens with one attached hydrogen (secondary N) is 1. The number of esters is 1. The third-order valence-electron chi connectivity index (χ3n) is 6.65. The second kappa shape index (κ2) is 16.9. The van der Waals surface area contributed by atoms with E-state index in [4.69, 9.17) is 14.2 Å². The van der Waals surface area contributed by atoms with Gasteiger partial charge in [-0.1, -0.05) is 49.8 Å². The molecule has 11 nitrogen and oxygen atoms in total. The smallest absolute Gasteiger partial charge is 0.409 e. The van der Waals surface area contributed by atoms with Crippen molar-refractivity contribution in [2.75, 3.05) is 46.5 Å². The monoisotopic (exact) mass is 628 g/mol. The second-order valence-corrected chi connectivity index (χ2v) is 12.4. The van der Waals surface area contributed by atoms with Gasteiger partial charge in [-0.05, 0) is 39.7 Å². The molecule has 240 valence electrons. The number of hydrogen-bond acceptors (Lipinski definition) is 9. The fraction of sp³-hybridized carbons (Fsp3) is 0.531. The number of carbonyl (C=O) groups is 4. The van der Waals surface area contributed by atoms with Gasteiger partial charge in [-0.25, -0.2) is 9.78 Å². The molecular formula is C32H44N4O7S. The van der Waals surface area contributed by atoms with E-state index in [0.29, 0.717) is 36.2 Å². The molecule has 1 aromatic heterocycles. The number of amides is 3. The van der Waals surface area contributed by atoms with E-state index in [1.807, 2.05) is 37.3 Å². The number of unbranched alkanes of at least 4 members (excludes halogenated alkanes) is 1. The minimum atomic E-state index is -1.00. The van der Waals surface area contributed by atoms with Crippen molar-refractivity contribution in [2.24, 2.45) is 0 Å². The molecule has 2 aromatic rings. The summed E-state index contributed by atoms with van der Waals surface area (Å²) >= 11 is 1.36. The summed E-state index contributed by atoms with van der Waals surface area (Å²) in [5, 5.41) is 3.51. The lowest BCUT2D eigenvalue weighted by Gasteiger charge is -2.36. The first-order valence-corrected chi connectivity index (χ1v) is 15.8. The number of ether oxygens (including phenoxy) is 3. The van der Waals surface area contributed by atoms with E-state index in [0.717, 1.165) is 18.4 Å². The van der Waals surface area contributed by atoms with E-state index in [1.54, 1.807) is 49.8 Å². The van der Waals surface area contributed by atoms with Crippen LogP contribution in [0, 0.1) is 0 Å². The number of benzene rings is 1. The van der Waals surface area contributed by atoms with Gasteiger partial charge >= 0.3 is 12.1 Å². The molecule has 3 amide bonds. The molecule has 0 spiro atoms. The molecule has 1 atom stereocenters. The lowest BCUT2D eigenvalue weighted by molar-refractivity contribution is -0.155. The molecule has 0 radical (unpaired) electrons. The van der Waals surface area contributed by atoms with E-state index in [-0.39, 0.29) is 37.5 Å². The normalized spacial score (nSPS) is 14.4. The van der Waals surface area contributed by atoms with Crippen LogP contribution in [-0.2, 0) is 23.8 Å². The van der Waals surface area contributed by atoms with Crippen molar-refractivity contribution in [3.8, 4) is 10.6 Å². The Morgan fingerprint density at radius 3 is 2.39 bits per heavy atom. The third kappa shape index (κ3) is 10.7. The summed E-state index contributed by atoms with van der Waals surface area (Å²) in [6, 6.07) is 8.52. The van der Waals surface area contributed by atoms with Crippen molar-refractivity contribution in [3.05, 3.63) is 47.0 Å². The lowest BCUT2D eigenvalue weighted by Crippen LogP contribution is -2.56. The Bertz CT molecular complexity index is 1280. The fourth-order valence-corrected chi connectivity index (χ4v) is 5.43. The largest absolute Gasteiger partial charge is 0.460 e. The predicted octanol–water partition coefficient (Wildman–Crippen LogP) is 4.77. The second-order valence-electron chi connectivity index (χ2n) is 11.4. The van der Waals surface area contributed by atoms with Crippen molar-refractivity contribution in [3.63, 3.8) is 0 Å². The topological polar surface area (TPSA) is 127 Å². The molecule has 0 saturated carbocycles. The van der Waals surface area contributed by atoms with Crippen LogP contribution in [0.15, 0.2) is 36.4 Å². The first-order valence-electron chi connectivity index (χ1n) is 15.0. The zero-order chi connectivity index (χ0) is 32.1. The van der Waals surface area contributed by atoms with Gasteiger partial charge in [0.05, 0.1) is 18.1 Å². The van der Waals surface area contributed by atoms with Crippen LogP contribution in [0.1, 0.15) is 68.7 Å². The van der Waals surface area contributed by atoms with Gasteiger partial charge in [0, 0.05) is 45.3 Å². The van der Waals surface area contributed by atoms with Gasteiger partial charge in [-0.15, -0.1) is 11.3 Å². The highest BCUT2D eigenvalue weighted by molar-refractivity contribution is 7.16. The van der Waals surface area contributed by atoms with Crippen LogP contribution >= 0.6 is 11.3 Å². The van der Waals surface area contributed by atoms with Crippen molar-refractivity contribution >= 4 is 41.3 Å². The van der Waals surface area contributed by atoms with Crippen LogP contribution in [-0.4, -0.2) is 96.8 Å². The summed E-state index contributed by atoms with van der Waals surface area (Å²) in [6.45, 7) is 9.22. The minimum Gasteiger partial charge on any atom is -0.460 e. The molecule has 1 fully saturated rings. The Balaban J connectivity index is 1.79. The number of piperazine rings is 1. The van der Waals surface area contributed by atoms with Gasteiger partial charge in [-0.3, -0.25) is 14.4 Å². The summed E-state index contributed by atoms with van der Waals surface area (Å²) in [5.74, 6) is -1.33. The number of hydrogen-bond donors (Lipinski definition) is 1. The van der Waals surface area contributed by atoms with Crippen LogP contribution in [0.2, 0.25) is 0 Å². The van der Waals surface area contributed by atoms with Crippen LogP contribution in [0.25, 0.3) is 16.6 Å². The van der Waals surface area contributed by atoms with Crippen molar-refractivity contribution in [2.45, 2.75) is 65.0 Å². The maximum atomic E-state index is 13.7. The third-order valence-corrected chi connectivity index (χ3v) is 7.72. The highest BCUT2D eigenvalue weighted by atomic mass is 32.1. The van der Waals surface area contributed by atoms with E-state index in [9.17, 15) is 19.2 Å². The predicted molar refractivity (Wildman–Crippen MR) is 169 cm³/mol. The number of thiazole rings is 1. The number of methoxy groups -OCH3 is 1. The van der Waals surface area contributed by atoms with Crippen LogP contribution in [0.5, 0.6) is 0 Å². The molecule has 0 aliphatic carbocycles. The average Bonchev–Trinajstić information content (AvgIpc) is 3.43. The van der Waals surface area contributed by atoms with Gasteiger partial charge < -0.3 is 29.3 Å². The standard InChI is InChI=1S/C32H44N4O7S/c1-6-7-22-42-31(40)36-19-17-35(18-20-36)30(39)24(15-16-26(37)43-32(2,3)4)33-28(38)27-25(14-11-21-41-5)44-29(34-27)23-12-9-8-10-13-23/h8-14,24H,6-7,15-22H2,1-5H3,(H,33,38)/t24-/m0/s1. The summed E-state index contributed by atoms with van der Waals surface area (Å²) in [4.78, 5) is 60.8. The molecule has 44 heavy (non-hydrogen) atoms. The molecule has 1 aromatic carbocycles. The Kier molecular flexibility index (Phi) is 13.3. The molecule has 1 aliphatic rings. The zero-order valence-corrected chi connectivity index (χ0v) is 27.1.